The number of ketones is 1. The standard InChI is InChI=1S/C22H23NO3/c1-2-3-6-16-9-11-17(12-10-16)21(24)15-26-22(25)13-18-14-23-20-8-5-4-7-19(18)20/h4-5,7-12,14,23H,2-3,6,13,15H2,1H3. The SMILES string of the molecule is CCCCc1ccc(C(=O)COC(=O)Cc2c[nH]c3ccccc23)cc1. The van der Waals surface area contributed by atoms with Gasteiger partial charge in [0, 0.05) is 22.7 Å². The average molecular weight is 349 g/mol. The molecule has 4 nitrogen and oxygen atoms in total. The lowest BCUT2D eigenvalue weighted by atomic mass is 10.0. The van der Waals surface area contributed by atoms with Gasteiger partial charge in [0.15, 0.2) is 12.4 Å². The summed E-state index contributed by atoms with van der Waals surface area (Å²) in [4.78, 5) is 27.4. The van der Waals surface area contributed by atoms with Gasteiger partial charge in [-0.1, -0.05) is 55.8 Å². The monoisotopic (exact) mass is 349 g/mol. The molecule has 1 heterocycles. The summed E-state index contributed by atoms with van der Waals surface area (Å²) in [6.45, 7) is 1.93. The lowest BCUT2D eigenvalue weighted by Gasteiger charge is -2.05. The number of H-pyrrole nitrogens is 1. The normalized spacial score (nSPS) is 10.8. The van der Waals surface area contributed by atoms with Crippen LogP contribution >= 0.6 is 0 Å². The number of Topliss-reactive ketones (excluding diaryl/α,β-unsaturated/α-hetero) is 1. The van der Waals surface area contributed by atoms with Gasteiger partial charge in [-0.05, 0) is 30.0 Å². The molecule has 0 saturated heterocycles. The summed E-state index contributed by atoms with van der Waals surface area (Å²) in [6.07, 6.45) is 5.26. The summed E-state index contributed by atoms with van der Waals surface area (Å²) < 4.78 is 5.17. The molecule has 134 valence electrons. The van der Waals surface area contributed by atoms with Gasteiger partial charge in [-0.15, -0.1) is 0 Å². The van der Waals surface area contributed by atoms with Crippen molar-refractivity contribution in [3.05, 3.63) is 71.4 Å². The van der Waals surface area contributed by atoms with E-state index in [1.54, 1.807) is 12.1 Å². The minimum Gasteiger partial charge on any atom is -0.457 e. The Hall–Kier alpha value is -2.88. The highest BCUT2D eigenvalue weighted by atomic mass is 16.5. The number of benzene rings is 2. The summed E-state index contributed by atoms with van der Waals surface area (Å²) in [5.74, 6) is -0.581. The van der Waals surface area contributed by atoms with Gasteiger partial charge < -0.3 is 9.72 Å². The van der Waals surface area contributed by atoms with Gasteiger partial charge in [-0.2, -0.15) is 0 Å². The summed E-state index contributed by atoms with van der Waals surface area (Å²) in [5, 5.41) is 0.999. The van der Waals surface area contributed by atoms with Crippen LogP contribution < -0.4 is 0 Å². The molecule has 0 amide bonds. The first-order chi connectivity index (χ1) is 12.7. The van der Waals surface area contributed by atoms with E-state index in [1.165, 1.54) is 5.56 Å². The van der Waals surface area contributed by atoms with Gasteiger partial charge >= 0.3 is 5.97 Å². The number of aromatic amines is 1. The maximum absolute atomic E-state index is 12.2. The third-order valence-corrected chi connectivity index (χ3v) is 4.47. The number of aromatic nitrogens is 1. The molecular weight excluding hydrogens is 326 g/mol. The number of hydrogen-bond donors (Lipinski definition) is 1. The van der Waals surface area contributed by atoms with Gasteiger partial charge in [0.1, 0.15) is 0 Å². The van der Waals surface area contributed by atoms with Crippen molar-refractivity contribution in [2.45, 2.75) is 32.6 Å². The number of carbonyl (C=O) groups is 2. The fraction of sp³-hybridized carbons (Fsp3) is 0.273. The molecule has 0 bridgehead atoms. The van der Waals surface area contributed by atoms with Crippen LogP contribution in [0.5, 0.6) is 0 Å². The zero-order valence-electron chi connectivity index (χ0n) is 15.0. The number of esters is 1. The molecular formula is C22H23NO3. The van der Waals surface area contributed by atoms with E-state index in [-0.39, 0.29) is 18.8 Å². The van der Waals surface area contributed by atoms with Crippen LogP contribution in [0.2, 0.25) is 0 Å². The van der Waals surface area contributed by atoms with Crippen molar-refractivity contribution in [2.24, 2.45) is 0 Å². The third-order valence-electron chi connectivity index (χ3n) is 4.47. The van der Waals surface area contributed by atoms with E-state index in [0.29, 0.717) is 5.56 Å². The van der Waals surface area contributed by atoms with Crippen LogP contribution in [-0.2, 0) is 22.4 Å². The first-order valence-corrected chi connectivity index (χ1v) is 9.00. The fourth-order valence-corrected chi connectivity index (χ4v) is 2.95. The molecule has 3 aromatic rings. The highest BCUT2D eigenvalue weighted by Crippen LogP contribution is 2.18. The van der Waals surface area contributed by atoms with Gasteiger partial charge in [-0.25, -0.2) is 0 Å². The highest BCUT2D eigenvalue weighted by molar-refractivity contribution is 5.98. The molecule has 0 aliphatic rings. The Morgan fingerprint density at radius 1 is 1.04 bits per heavy atom. The topological polar surface area (TPSA) is 59.2 Å². The number of para-hydroxylation sites is 1. The number of unbranched alkanes of at least 4 members (excludes halogenated alkanes) is 1. The predicted octanol–water partition coefficient (Wildman–Crippen LogP) is 4.48. The largest absolute Gasteiger partial charge is 0.457 e. The maximum Gasteiger partial charge on any atom is 0.310 e. The predicted molar refractivity (Wildman–Crippen MR) is 102 cm³/mol. The zero-order valence-corrected chi connectivity index (χ0v) is 15.0. The van der Waals surface area contributed by atoms with Crippen LogP contribution in [0.1, 0.15) is 41.3 Å². The van der Waals surface area contributed by atoms with Gasteiger partial charge in [0.2, 0.25) is 0 Å². The number of aryl methyl sites for hydroxylation is 1. The van der Waals surface area contributed by atoms with Crippen LogP contribution in [0.25, 0.3) is 10.9 Å². The molecule has 0 fully saturated rings. The summed E-state index contributed by atoms with van der Waals surface area (Å²) in [5.41, 5.74) is 3.65. The number of rotatable bonds is 8. The highest BCUT2D eigenvalue weighted by Gasteiger charge is 2.13. The van der Waals surface area contributed by atoms with Crippen molar-refractivity contribution in [1.29, 1.82) is 0 Å². The van der Waals surface area contributed by atoms with Crippen molar-refractivity contribution in [1.82, 2.24) is 4.98 Å². The van der Waals surface area contributed by atoms with Crippen molar-refractivity contribution < 1.29 is 14.3 Å². The number of fused-ring (bicyclic) bond motifs is 1. The first kappa shape index (κ1) is 17.9. The second-order valence-corrected chi connectivity index (χ2v) is 6.42. The average Bonchev–Trinajstić information content (AvgIpc) is 3.08. The van der Waals surface area contributed by atoms with Gasteiger partial charge in [0.25, 0.3) is 0 Å². The summed E-state index contributed by atoms with van der Waals surface area (Å²) in [7, 11) is 0. The first-order valence-electron chi connectivity index (χ1n) is 9.00. The number of carbonyl (C=O) groups excluding carboxylic acids is 2. The Kier molecular flexibility index (Phi) is 5.84. The van der Waals surface area contributed by atoms with Gasteiger partial charge in [-0.3, -0.25) is 9.59 Å². The van der Waals surface area contributed by atoms with E-state index >= 15 is 0 Å². The minimum atomic E-state index is -0.400. The smallest absolute Gasteiger partial charge is 0.310 e. The van der Waals surface area contributed by atoms with Crippen molar-refractivity contribution in [2.75, 3.05) is 6.61 Å². The molecule has 3 rings (SSSR count). The lowest BCUT2D eigenvalue weighted by Crippen LogP contribution is -2.15. The molecule has 0 radical (unpaired) electrons. The molecule has 1 aromatic heterocycles. The van der Waals surface area contributed by atoms with Crippen molar-refractivity contribution in [3.63, 3.8) is 0 Å². The maximum atomic E-state index is 12.2. The lowest BCUT2D eigenvalue weighted by molar-refractivity contribution is -0.141. The van der Waals surface area contributed by atoms with Crippen LogP contribution in [0.3, 0.4) is 0 Å². The molecule has 2 aromatic carbocycles. The van der Waals surface area contributed by atoms with E-state index < -0.39 is 5.97 Å². The Labute approximate surface area is 153 Å². The molecule has 4 heteroatoms. The quantitative estimate of drug-likeness (QED) is 0.482. The molecule has 0 unspecified atom stereocenters. The molecule has 0 spiro atoms. The van der Waals surface area contributed by atoms with E-state index in [0.717, 1.165) is 35.7 Å². The Morgan fingerprint density at radius 2 is 1.81 bits per heavy atom. The van der Waals surface area contributed by atoms with Crippen LogP contribution in [-0.4, -0.2) is 23.3 Å². The Bertz CT molecular complexity index is 893. The fourth-order valence-electron chi connectivity index (χ4n) is 2.95. The van der Waals surface area contributed by atoms with Gasteiger partial charge in [0.05, 0.1) is 6.42 Å². The van der Waals surface area contributed by atoms with Crippen molar-refractivity contribution >= 4 is 22.7 Å². The second-order valence-electron chi connectivity index (χ2n) is 6.42. The van der Waals surface area contributed by atoms with E-state index in [2.05, 4.69) is 11.9 Å². The third kappa shape index (κ3) is 4.39. The number of ether oxygens (including phenoxy) is 1. The Balaban J connectivity index is 1.53. The van der Waals surface area contributed by atoms with E-state index in [1.807, 2.05) is 42.6 Å². The molecule has 26 heavy (non-hydrogen) atoms. The van der Waals surface area contributed by atoms with E-state index in [9.17, 15) is 9.59 Å². The molecule has 0 aliphatic heterocycles. The summed E-state index contributed by atoms with van der Waals surface area (Å²) >= 11 is 0. The second kappa shape index (κ2) is 8.48. The van der Waals surface area contributed by atoms with Crippen molar-refractivity contribution in [3.8, 4) is 0 Å². The zero-order chi connectivity index (χ0) is 18.4. The van der Waals surface area contributed by atoms with Crippen LogP contribution in [0.15, 0.2) is 54.7 Å². The Morgan fingerprint density at radius 3 is 2.58 bits per heavy atom. The molecule has 0 aliphatic carbocycles. The van der Waals surface area contributed by atoms with Crippen LogP contribution in [0, 0.1) is 0 Å². The number of hydrogen-bond acceptors (Lipinski definition) is 3. The minimum absolute atomic E-state index is 0.146. The molecule has 1 N–H and O–H groups in total. The number of nitrogens with one attached hydrogen (secondary N) is 1. The molecule has 0 atom stereocenters. The molecule has 0 saturated carbocycles. The van der Waals surface area contributed by atoms with Crippen LogP contribution in [0.4, 0.5) is 0 Å². The summed E-state index contributed by atoms with van der Waals surface area (Å²) in [6, 6.07) is 15.3. The van der Waals surface area contributed by atoms with E-state index in [4.69, 9.17) is 4.74 Å².